The lowest BCUT2D eigenvalue weighted by Crippen LogP contribution is -2.00. The van der Waals surface area contributed by atoms with Crippen LogP contribution < -0.4 is 10.1 Å². The highest BCUT2D eigenvalue weighted by Gasteiger charge is 2.01. The summed E-state index contributed by atoms with van der Waals surface area (Å²) >= 11 is 5.98. The number of hydrogen-bond donors (Lipinski definition) is 1. The number of benzene rings is 2. The first kappa shape index (κ1) is 14.7. The largest absolute Gasteiger partial charge is 0.479 e. The molecule has 0 spiro atoms. The van der Waals surface area contributed by atoms with Crippen molar-refractivity contribution in [2.75, 3.05) is 11.9 Å². The van der Waals surface area contributed by atoms with E-state index in [0.717, 1.165) is 11.3 Å². The molecule has 0 radical (unpaired) electrons. The summed E-state index contributed by atoms with van der Waals surface area (Å²) in [7, 11) is 0. The second-order valence-electron chi connectivity index (χ2n) is 4.25. The average molecular weight is 298 g/mol. The van der Waals surface area contributed by atoms with E-state index in [2.05, 4.69) is 5.32 Å². The molecule has 0 aliphatic rings. The summed E-state index contributed by atoms with van der Waals surface area (Å²) in [6.45, 7) is 0.669. The van der Waals surface area contributed by atoms with Crippen molar-refractivity contribution < 1.29 is 4.74 Å². The lowest BCUT2D eigenvalue weighted by atomic mass is 10.2. The molecule has 0 amide bonds. The van der Waals surface area contributed by atoms with Crippen LogP contribution in [0.25, 0.3) is 0 Å². The van der Waals surface area contributed by atoms with Crippen molar-refractivity contribution >= 4 is 17.3 Å². The van der Waals surface area contributed by atoms with Gasteiger partial charge in [-0.2, -0.15) is 10.5 Å². The van der Waals surface area contributed by atoms with Gasteiger partial charge in [-0.3, -0.25) is 0 Å². The number of hydrogen-bond acceptors (Lipinski definition) is 4. The first-order chi connectivity index (χ1) is 10.2. The highest BCUT2D eigenvalue weighted by molar-refractivity contribution is 6.32. The number of anilines is 1. The lowest BCUT2D eigenvalue weighted by Gasteiger charge is -2.08. The second kappa shape index (κ2) is 7.19. The molecular formula is C16H12ClN3O. The van der Waals surface area contributed by atoms with Crippen LogP contribution >= 0.6 is 11.6 Å². The van der Waals surface area contributed by atoms with Crippen LogP contribution in [-0.4, -0.2) is 6.61 Å². The Morgan fingerprint density at radius 3 is 2.48 bits per heavy atom. The molecule has 0 aliphatic carbocycles. The van der Waals surface area contributed by atoms with Gasteiger partial charge in [0.25, 0.3) is 0 Å². The monoisotopic (exact) mass is 297 g/mol. The highest BCUT2D eigenvalue weighted by atomic mass is 35.5. The average Bonchev–Trinajstić information content (AvgIpc) is 2.52. The van der Waals surface area contributed by atoms with E-state index in [1.165, 1.54) is 0 Å². The van der Waals surface area contributed by atoms with Crippen LogP contribution in [0.3, 0.4) is 0 Å². The Morgan fingerprint density at radius 2 is 1.86 bits per heavy atom. The van der Waals surface area contributed by atoms with Crippen LogP contribution in [0.2, 0.25) is 5.02 Å². The molecule has 5 heteroatoms. The van der Waals surface area contributed by atoms with Crippen LogP contribution in [-0.2, 0) is 6.54 Å². The first-order valence-electron chi connectivity index (χ1n) is 6.25. The summed E-state index contributed by atoms with van der Waals surface area (Å²) < 4.78 is 5.18. The van der Waals surface area contributed by atoms with Crippen LogP contribution in [0.4, 0.5) is 5.69 Å². The fourth-order valence-corrected chi connectivity index (χ4v) is 1.96. The van der Waals surface area contributed by atoms with Gasteiger partial charge in [-0.15, -0.1) is 0 Å². The number of rotatable bonds is 5. The number of halogens is 1. The van der Waals surface area contributed by atoms with Gasteiger partial charge in [0, 0.05) is 12.2 Å². The zero-order valence-corrected chi connectivity index (χ0v) is 11.9. The normalized spacial score (nSPS) is 9.48. The summed E-state index contributed by atoms with van der Waals surface area (Å²) in [4.78, 5) is 0. The molecule has 0 aliphatic heterocycles. The van der Waals surface area contributed by atoms with Crippen molar-refractivity contribution in [3.05, 3.63) is 58.6 Å². The zero-order chi connectivity index (χ0) is 15.1. The standard InChI is InChI=1S/C16H12ClN3O/c17-16-9-14(4-3-13(16)10-19)20-11-12-1-5-15(6-2-12)21-8-7-18/h1-6,9,20H,8,11H2. The molecule has 0 saturated heterocycles. The Labute approximate surface area is 128 Å². The predicted octanol–water partition coefficient (Wildman–Crippen LogP) is 3.73. The Hall–Kier alpha value is -2.69. The Bertz CT molecular complexity index is 699. The predicted molar refractivity (Wildman–Crippen MR) is 81.0 cm³/mol. The third-order valence-electron chi connectivity index (χ3n) is 2.81. The van der Waals surface area contributed by atoms with Gasteiger partial charge >= 0.3 is 0 Å². The van der Waals surface area contributed by atoms with Crippen molar-refractivity contribution in [2.45, 2.75) is 6.54 Å². The third kappa shape index (κ3) is 4.14. The first-order valence-corrected chi connectivity index (χ1v) is 6.63. The molecule has 0 aromatic heterocycles. The second-order valence-corrected chi connectivity index (χ2v) is 4.66. The third-order valence-corrected chi connectivity index (χ3v) is 3.13. The van der Waals surface area contributed by atoms with E-state index < -0.39 is 0 Å². The van der Waals surface area contributed by atoms with Crippen molar-refractivity contribution in [3.8, 4) is 17.9 Å². The summed E-state index contributed by atoms with van der Waals surface area (Å²) in [6, 6.07) is 16.7. The maximum absolute atomic E-state index is 8.82. The fourth-order valence-electron chi connectivity index (χ4n) is 1.74. The molecule has 0 heterocycles. The maximum atomic E-state index is 8.82. The summed E-state index contributed by atoms with van der Waals surface area (Å²) in [5.41, 5.74) is 2.38. The van der Waals surface area contributed by atoms with Crippen molar-refractivity contribution in [2.24, 2.45) is 0 Å². The molecule has 2 aromatic carbocycles. The van der Waals surface area contributed by atoms with E-state index in [1.54, 1.807) is 12.1 Å². The van der Waals surface area contributed by atoms with E-state index in [0.29, 0.717) is 22.9 Å². The van der Waals surface area contributed by atoms with Crippen LogP contribution in [0, 0.1) is 22.7 Å². The Balaban J connectivity index is 1.95. The topological polar surface area (TPSA) is 68.8 Å². The quantitative estimate of drug-likeness (QED) is 0.913. The van der Waals surface area contributed by atoms with Crippen LogP contribution in [0.15, 0.2) is 42.5 Å². The van der Waals surface area contributed by atoms with Gasteiger partial charge in [-0.05, 0) is 35.9 Å². The van der Waals surface area contributed by atoms with Crippen molar-refractivity contribution in [3.63, 3.8) is 0 Å². The molecule has 104 valence electrons. The van der Waals surface area contributed by atoms with E-state index in [-0.39, 0.29) is 6.61 Å². The smallest absolute Gasteiger partial charge is 0.174 e. The van der Waals surface area contributed by atoms with Gasteiger partial charge in [0.2, 0.25) is 0 Å². The zero-order valence-electron chi connectivity index (χ0n) is 11.1. The maximum Gasteiger partial charge on any atom is 0.174 e. The Kier molecular flexibility index (Phi) is 5.04. The van der Waals surface area contributed by atoms with E-state index in [9.17, 15) is 0 Å². The molecule has 0 fully saturated rings. The lowest BCUT2D eigenvalue weighted by molar-refractivity contribution is 0.368. The Morgan fingerprint density at radius 1 is 1.10 bits per heavy atom. The van der Waals surface area contributed by atoms with E-state index in [1.807, 2.05) is 42.5 Å². The van der Waals surface area contributed by atoms with Crippen molar-refractivity contribution in [1.82, 2.24) is 0 Å². The number of nitrogens with one attached hydrogen (secondary N) is 1. The van der Waals surface area contributed by atoms with E-state index in [4.69, 9.17) is 26.9 Å². The molecule has 0 saturated carbocycles. The van der Waals surface area contributed by atoms with Gasteiger partial charge in [-0.25, -0.2) is 0 Å². The highest BCUT2D eigenvalue weighted by Crippen LogP contribution is 2.21. The molecule has 0 bridgehead atoms. The molecule has 21 heavy (non-hydrogen) atoms. The molecule has 4 nitrogen and oxygen atoms in total. The molecule has 2 rings (SSSR count). The van der Waals surface area contributed by atoms with Gasteiger partial charge in [0.1, 0.15) is 17.9 Å². The number of ether oxygens (including phenoxy) is 1. The summed E-state index contributed by atoms with van der Waals surface area (Å²) in [5, 5.41) is 20.9. The molecule has 0 unspecified atom stereocenters. The van der Waals surface area contributed by atoms with Gasteiger partial charge in [-0.1, -0.05) is 23.7 Å². The minimum Gasteiger partial charge on any atom is -0.479 e. The van der Waals surface area contributed by atoms with Crippen LogP contribution in [0.1, 0.15) is 11.1 Å². The summed E-state index contributed by atoms with van der Waals surface area (Å²) in [5.74, 6) is 0.668. The summed E-state index contributed by atoms with van der Waals surface area (Å²) in [6.07, 6.45) is 0. The molecule has 2 aromatic rings. The van der Waals surface area contributed by atoms with Gasteiger partial charge < -0.3 is 10.1 Å². The minimum atomic E-state index is 0.0430. The van der Waals surface area contributed by atoms with E-state index >= 15 is 0 Å². The van der Waals surface area contributed by atoms with Crippen LogP contribution in [0.5, 0.6) is 5.75 Å². The molecule has 1 N–H and O–H groups in total. The van der Waals surface area contributed by atoms with Crippen molar-refractivity contribution in [1.29, 1.82) is 10.5 Å². The van der Waals surface area contributed by atoms with Gasteiger partial charge in [0.15, 0.2) is 6.61 Å². The van der Waals surface area contributed by atoms with Gasteiger partial charge in [0.05, 0.1) is 10.6 Å². The fraction of sp³-hybridized carbons (Fsp3) is 0.125. The number of nitrogens with zero attached hydrogens (tertiary/aromatic N) is 2. The SMILES string of the molecule is N#CCOc1ccc(CNc2ccc(C#N)c(Cl)c2)cc1. The molecular weight excluding hydrogens is 286 g/mol. The number of nitriles is 2. The molecule has 0 atom stereocenters. The minimum absolute atomic E-state index is 0.0430.